The summed E-state index contributed by atoms with van der Waals surface area (Å²) in [6.07, 6.45) is 1.58. The van der Waals surface area contributed by atoms with E-state index in [0.29, 0.717) is 6.61 Å². The van der Waals surface area contributed by atoms with Crippen LogP contribution >= 0.6 is 0 Å². The number of ether oxygens (including phenoxy) is 2. The molecule has 1 atom stereocenters. The zero-order valence-electron chi connectivity index (χ0n) is 10.9. The van der Waals surface area contributed by atoms with Gasteiger partial charge >= 0.3 is 0 Å². The highest BCUT2D eigenvalue weighted by Gasteiger charge is 2.04. The number of aliphatic hydroxyl groups excluding tert-OH is 1. The van der Waals surface area contributed by atoms with Crippen LogP contribution in [0.15, 0.2) is 18.2 Å². The van der Waals surface area contributed by atoms with E-state index in [-0.39, 0.29) is 0 Å². The zero-order valence-corrected chi connectivity index (χ0v) is 10.9. The molecule has 0 spiro atoms. The molecule has 0 aromatic heterocycles. The zero-order chi connectivity index (χ0) is 12.7. The standard InChI is InChI=1S/C14H22O3/c1-11-10-13(12(2)15)6-7-14(11)17-9-5-4-8-16-3/h6-7,10,12,15H,4-5,8-9H2,1-3H3/t12-/m1/s1. The van der Waals surface area contributed by atoms with Crippen molar-refractivity contribution in [3.63, 3.8) is 0 Å². The molecule has 0 saturated carbocycles. The monoisotopic (exact) mass is 238 g/mol. The highest BCUT2D eigenvalue weighted by atomic mass is 16.5. The number of aryl methyl sites for hydroxylation is 1. The molecule has 0 aliphatic carbocycles. The first kappa shape index (κ1) is 14.0. The minimum atomic E-state index is -0.426. The average Bonchev–Trinajstić information content (AvgIpc) is 2.30. The van der Waals surface area contributed by atoms with E-state index < -0.39 is 6.10 Å². The number of aliphatic hydroxyl groups is 1. The van der Waals surface area contributed by atoms with Gasteiger partial charge in [-0.15, -0.1) is 0 Å². The largest absolute Gasteiger partial charge is 0.493 e. The Morgan fingerprint density at radius 3 is 2.53 bits per heavy atom. The van der Waals surface area contributed by atoms with Crippen molar-refractivity contribution in [3.8, 4) is 5.75 Å². The van der Waals surface area contributed by atoms with Gasteiger partial charge in [0.1, 0.15) is 5.75 Å². The molecule has 3 nitrogen and oxygen atoms in total. The summed E-state index contributed by atoms with van der Waals surface area (Å²) in [5.41, 5.74) is 1.99. The SMILES string of the molecule is COCCCCOc1ccc([C@@H](C)O)cc1C. The summed E-state index contributed by atoms with van der Waals surface area (Å²) in [6, 6.07) is 5.80. The van der Waals surface area contributed by atoms with E-state index in [0.717, 1.165) is 36.3 Å². The molecule has 3 heteroatoms. The van der Waals surface area contributed by atoms with Gasteiger partial charge in [0.2, 0.25) is 0 Å². The quantitative estimate of drug-likeness (QED) is 0.742. The number of rotatable bonds is 7. The predicted molar refractivity (Wildman–Crippen MR) is 68.4 cm³/mol. The van der Waals surface area contributed by atoms with Crippen LogP contribution in [0.25, 0.3) is 0 Å². The van der Waals surface area contributed by atoms with Gasteiger partial charge in [0.15, 0.2) is 0 Å². The maximum absolute atomic E-state index is 9.46. The highest BCUT2D eigenvalue weighted by molar-refractivity contribution is 5.36. The van der Waals surface area contributed by atoms with Gasteiger partial charge in [-0.05, 0) is 49.9 Å². The molecule has 1 rings (SSSR count). The van der Waals surface area contributed by atoms with E-state index in [1.165, 1.54) is 0 Å². The van der Waals surface area contributed by atoms with Crippen molar-refractivity contribution in [1.82, 2.24) is 0 Å². The Balaban J connectivity index is 2.43. The maximum atomic E-state index is 9.46. The van der Waals surface area contributed by atoms with Crippen molar-refractivity contribution >= 4 is 0 Å². The summed E-state index contributed by atoms with van der Waals surface area (Å²) >= 11 is 0. The molecule has 1 aromatic rings. The fourth-order valence-electron chi connectivity index (χ4n) is 1.62. The van der Waals surface area contributed by atoms with E-state index in [4.69, 9.17) is 9.47 Å². The van der Waals surface area contributed by atoms with Gasteiger partial charge in [0, 0.05) is 13.7 Å². The third kappa shape index (κ3) is 4.75. The molecule has 0 fully saturated rings. The second kappa shape index (κ2) is 7.30. The first-order chi connectivity index (χ1) is 8.15. The van der Waals surface area contributed by atoms with Crippen LogP contribution in [-0.2, 0) is 4.74 Å². The van der Waals surface area contributed by atoms with E-state index >= 15 is 0 Å². The Labute approximate surface area is 103 Å². The summed E-state index contributed by atoms with van der Waals surface area (Å²) in [7, 11) is 1.71. The topological polar surface area (TPSA) is 38.7 Å². The van der Waals surface area contributed by atoms with Crippen molar-refractivity contribution in [1.29, 1.82) is 0 Å². The molecule has 0 amide bonds. The van der Waals surface area contributed by atoms with Gasteiger partial charge in [-0.1, -0.05) is 6.07 Å². The molecule has 0 bridgehead atoms. The Bertz CT molecular complexity index is 334. The van der Waals surface area contributed by atoms with Crippen LogP contribution in [-0.4, -0.2) is 25.4 Å². The lowest BCUT2D eigenvalue weighted by atomic mass is 10.1. The van der Waals surface area contributed by atoms with Crippen LogP contribution in [0, 0.1) is 6.92 Å². The molecule has 0 radical (unpaired) electrons. The third-order valence-electron chi connectivity index (χ3n) is 2.68. The van der Waals surface area contributed by atoms with Crippen molar-refractivity contribution in [3.05, 3.63) is 29.3 Å². The van der Waals surface area contributed by atoms with Crippen LogP contribution in [0.2, 0.25) is 0 Å². The second-order valence-corrected chi connectivity index (χ2v) is 4.25. The van der Waals surface area contributed by atoms with Crippen molar-refractivity contribution in [2.75, 3.05) is 20.3 Å². The van der Waals surface area contributed by atoms with Gasteiger partial charge in [-0.2, -0.15) is 0 Å². The Morgan fingerprint density at radius 1 is 1.24 bits per heavy atom. The minimum Gasteiger partial charge on any atom is -0.493 e. The Morgan fingerprint density at radius 2 is 1.94 bits per heavy atom. The first-order valence-corrected chi connectivity index (χ1v) is 6.05. The summed E-state index contributed by atoms with van der Waals surface area (Å²) in [5.74, 6) is 0.895. The predicted octanol–water partition coefficient (Wildman–Crippen LogP) is 2.85. The van der Waals surface area contributed by atoms with Crippen molar-refractivity contribution < 1.29 is 14.6 Å². The van der Waals surface area contributed by atoms with Gasteiger partial charge in [0.25, 0.3) is 0 Å². The van der Waals surface area contributed by atoms with Gasteiger partial charge < -0.3 is 14.6 Å². The molecule has 1 N–H and O–H groups in total. The van der Waals surface area contributed by atoms with Gasteiger partial charge in [-0.25, -0.2) is 0 Å². The fraction of sp³-hybridized carbons (Fsp3) is 0.571. The van der Waals surface area contributed by atoms with Crippen LogP contribution < -0.4 is 4.74 Å². The summed E-state index contributed by atoms with van der Waals surface area (Å²) in [4.78, 5) is 0. The fourth-order valence-corrected chi connectivity index (χ4v) is 1.62. The average molecular weight is 238 g/mol. The number of benzene rings is 1. The van der Waals surface area contributed by atoms with Crippen molar-refractivity contribution in [2.45, 2.75) is 32.8 Å². The lowest BCUT2D eigenvalue weighted by Gasteiger charge is -2.11. The molecule has 1 aromatic carbocycles. The van der Waals surface area contributed by atoms with Crippen LogP contribution in [0.3, 0.4) is 0 Å². The second-order valence-electron chi connectivity index (χ2n) is 4.25. The van der Waals surface area contributed by atoms with E-state index in [1.807, 2.05) is 25.1 Å². The highest BCUT2D eigenvalue weighted by Crippen LogP contribution is 2.22. The molecule has 0 heterocycles. The van der Waals surface area contributed by atoms with Crippen molar-refractivity contribution in [2.24, 2.45) is 0 Å². The van der Waals surface area contributed by atoms with E-state index in [2.05, 4.69) is 0 Å². The summed E-state index contributed by atoms with van der Waals surface area (Å²) < 4.78 is 10.7. The minimum absolute atomic E-state index is 0.426. The summed E-state index contributed by atoms with van der Waals surface area (Å²) in [6.45, 7) is 5.25. The smallest absolute Gasteiger partial charge is 0.122 e. The maximum Gasteiger partial charge on any atom is 0.122 e. The Kier molecular flexibility index (Phi) is 6.01. The first-order valence-electron chi connectivity index (χ1n) is 6.05. The number of hydrogen-bond acceptors (Lipinski definition) is 3. The molecule has 96 valence electrons. The molecule has 0 aliphatic rings. The normalized spacial score (nSPS) is 12.5. The molecular weight excluding hydrogens is 216 g/mol. The Hall–Kier alpha value is -1.06. The number of methoxy groups -OCH3 is 1. The van der Waals surface area contributed by atoms with Crippen LogP contribution in [0.5, 0.6) is 5.75 Å². The van der Waals surface area contributed by atoms with Crippen LogP contribution in [0.1, 0.15) is 37.0 Å². The van der Waals surface area contributed by atoms with E-state index in [1.54, 1.807) is 14.0 Å². The van der Waals surface area contributed by atoms with Crippen LogP contribution in [0.4, 0.5) is 0 Å². The number of unbranched alkanes of at least 4 members (excludes halogenated alkanes) is 1. The van der Waals surface area contributed by atoms with Gasteiger partial charge in [-0.3, -0.25) is 0 Å². The molecule has 17 heavy (non-hydrogen) atoms. The lowest BCUT2D eigenvalue weighted by molar-refractivity contribution is 0.184. The van der Waals surface area contributed by atoms with E-state index in [9.17, 15) is 5.11 Å². The summed E-state index contributed by atoms with van der Waals surface area (Å²) in [5, 5.41) is 9.46. The molecule has 0 saturated heterocycles. The molecule has 0 unspecified atom stereocenters. The third-order valence-corrected chi connectivity index (χ3v) is 2.68. The molecule has 0 aliphatic heterocycles. The van der Waals surface area contributed by atoms with Gasteiger partial charge in [0.05, 0.1) is 12.7 Å². The number of hydrogen-bond donors (Lipinski definition) is 1. The molecular formula is C14H22O3. The lowest BCUT2D eigenvalue weighted by Crippen LogP contribution is -2.01.